The predicted molar refractivity (Wildman–Crippen MR) is 71.7 cm³/mol. The third-order valence-electron chi connectivity index (χ3n) is 3.08. The smallest absolute Gasteiger partial charge is 0.311 e. The molecule has 0 heterocycles. The molecule has 5 nitrogen and oxygen atoms in total. The molecule has 2 rings (SSSR count). The first-order valence-electron chi connectivity index (χ1n) is 5.92. The van der Waals surface area contributed by atoms with Gasteiger partial charge in [0.05, 0.1) is 4.92 Å². The van der Waals surface area contributed by atoms with Crippen molar-refractivity contribution in [1.82, 2.24) is 0 Å². The standard InChI is InChI=1S/C12H15BrN2O3/c13-8-4-5-11(15(16)17)12(6-8)18-10-3-1-2-9(14)7-10/h4-6,9-10H,1-3,7,14H2. The second-order valence-corrected chi connectivity index (χ2v) is 5.45. The highest BCUT2D eigenvalue weighted by molar-refractivity contribution is 9.10. The topological polar surface area (TPSA) is 78.4 Å². The number of nitro groups is 1. The molecule has 0 spiro atoms. The van der Waals surface area contributed by atoms with Crippen LogP contribution in [-0.4, -0.2) is 17.1 Å². The maximum Gasteiger partial charge on any atom is 0.311 e. The van der Waals surface area contributed by atoms with E-state index in [4.69, 9.17) is 10.5 Å². The number of ether oxygens (including phenoxy) is 1. The van der Waals surface area contributed by atoms with Gasteiger partial charge in [-0.2, -0.15) is 0 Å². The van der Waals surface area contributed by atoms with Gasteiger partial charge in [-0.15, -0.1) is 0 Å². The molecule has 1 aliphatic rings. The molecule has 1 aromatic rings. The minimum Gasteiger partial charge on any atom is -0.483 e. The molecule has 1 saturated carbocycles. The minimum absolute atomic E-state index is 0.00246. The Labute approximate surface area is 114 Å². The Kier molecular flexibility index (Phi) is 4.19. The van der Waals surface area contributed by atoms with Crippen LogP contribution in [0.3, 0.4) is 0 Å². The number of hydrogen-bond acceptors (Lipinski definition) is 4. The SMILES string of the molecule is NC1CCCC(Oc2cc(Br)ccc2[N+](=O)[O-])C1. The largest absolute Gasteiger partial charge is 0.483 e. The summed E-state index contributed by atoms with van der Waals surface area (Å²) in [6, 6.07) is 4.85. The van der Waals surface area contributed by atoms with Crippen LogP contribution in [0, 0.1) is 10.1 Å². The average Bonchev–Trinajstić information content (AvgIpc) is 2.28. The summed E-state index contributed by atoms with van der Waals surface area (Å²) in [5.41, 5.74) is 5.88. The van der Waals surface area contributed by atoms with Crippen LogP contribution in [0.2, 0.25) is 0 Å². The quantitative estimate of drug-likeness (QED) is 0.687. The van der Waals surface area contributed by atoms with Gasteiger partial charge in [-0.1, -0.05) is 15.9 Å². The Hall–Kier alpha value is -1.14. The Morgan fingerprint density at radius 1 is 1.44 bits per heavy atom. The van der Waals surface area contributed by atoms with Gasteiger partial charge in [-0.3, -0.25) is 10.1 Å². The number of halogens is 1. The number of hydrogen-bond donors (Lipinski definition) is 1. The fourth-order valence-electron chi connectivity index (χ4n) is 2.20. The molecule has 2 N–H and O–H groups in total. The Morgan fingerprint density at radius 3 is 2.89 bits per heavy atom. The molecule has 0 saturated heterocycles. The lowest BCUT2D eigenvalue weighted by Gasteiger charge is -2.27. The van der Waals surface area contributed by atoms with E-state index in [-0.39, 0.29) is 17.8 Å². The first-order chi connectivity index (χ1) is 8.56. The molecular weight excluding hydrogens is 300 g/mol. The van der Waals surface area contributed by atoms with Gasteiger partial charge in [0, 0.05) is 22.6 Å². The normalized spacial score (nSPS) is 23.7. The number of nitrogens with zero attached hydrogens (tertiary/aromatic N) is 1. The number of rotatable bonds is 3. The van der Waals surface area contributed by atoms with Gasteiger partial charge in [0.25, 0.3) is 0 Å². The summed E-state index contributed by atoms with van der Waals surface area (Å²) < 4.78 is 6.51. The van der Waals surface area contributed by atoms with Crippen molar-refractivity contribution in [1.29, 1.82) is 0 Å². The van der Waals surface area contributed by atoms with Gasteiger partial charge in [-0.05, 0) is 31.7 Å². The first-order valence-corrected chi connectivity index (χ1v) is 6.71. The fourth-order valence-corrected chi connectivity index (χ4v) is 2.54. The summed E-state index contributed by atoms with van der Waals surface area (Å²) in [5.74, 6) is 0.313. The van der Waals surface area contributed by atoms with Crippen molar-refractivity contribution in [3.8, 4) is 5.75 Å². The summed E-state index contributed by atoms with van der Waals surface area (Å²) in [5, 5.41) is 10.9. The fraction of sp³-hybridized carbons (Fsp3) is 0.500. The van der Waals surface area contributed by atoms with Crippen LogP contribution >= 0.6 is 15.9 Å². The average molecular weight is 315 g/mol. The Balaban J connectivity index is 2.16. The van der Waals surface area contributed by atoms with Gasteiger partial charge in [0.1, 0.15) is 6.10 Å². The Bertz CT molecular complexity index is 453. The van der Waals surface area contributed by atoms with Crippen molar-refractivity contribution >= 4 is 21.6 Å². The van der Waals surface area contributed by atoms with Crippen molar-refractivity contribution in [2.24, 2.45) is 5.73 Å². The molecule has 6 heteroatoms. The molecule has 0 amide bonds. The number of nitrogens with two attached hydrogens (primary N) is 1. The molecule has 1 fully saturated rings. The van der Waals surface area contributed by atoms with Crippen molar-refractivity contribution in [3.63, 3.8) is 0 Å². The minimum atomic E-state index is -0.426. The van der Waals surface area contributed by atoms with Gasteiger partial charge >= 0.3 is 5.69 Å². The summed E-state index contributed by atoms with van der Waals surface area (Å²) in [6.07, 6.45) is 3.64. The van der Waals surface area contributed by atoms with E-state index < -0.39 is 4.92 Å². The van der Waals surface area contributed by atoms with E-state index in [1.807, 2.05) is 0 Å². The van der Waals surface area contributed by atoms with Crippen LogP contribution in [0.4, 0.5) is 5.69 Å². The van der Waals surface area contributed by atoms with E-state index >= 15 is 0 Å². The zero-order valence-electron chi connectivity index (χ0n) is 9.84. The van der Waals surface area contributed by atoms with Gasteiger partial charge < -0.3 is 10.5 Å². The van der Waals surface area contributed by atoms with Crippen molar-refractivity contribution in [2.45, 2.75) is 37.8 Å². The van der Waals surface area contributed by atoms with Crippen LogP contribution < -0.4 is 10.5 Å². The number of nitro benzene ring substituents is 1. The predicted octanol–water partition coefficient (Wildman–Crippen LogP) is 3.01. The highest BCUT2D eigenvalue weighted by Gasteiger charge is 2.24. The van der Waals surface area contributed by atoms with E-state index in [0.717, 1.165) is 30.2 Å². The van der Waals surface area contributed by atoms with Crippen LogP contribution in [0.25, 0.3) is 0 Å². The van der Waals surface area contributed by atoms with Crippen LogP contribution in [0.1, 0.15) is 25.7 Å². The maximum atomic E-state index is 10.9. The van der Waals surface area contributed by atoms with E-state index in [1.165, 1.54) is 6.07 Å². The van der Waals surface area contributed by atoms with E-state index in [9.17, 15) is 10.1 Å². The summed E-state index contributed by atoms with van der Waals surface area (Å²) in [7, 11) is 0. The zero-order valence-corrected chi connectivity index (χ0v) is 11.4. The second kappa shape index (κ2) is 5.67. The molecule has 98 valence electrons. The Morgan fingerprint density at radius 2 is 2.22 bits per heavy atom. The monoisotopic (exact) mass is 314 g/mol. The summed E-state index contributed by atoms with van der Waals surface area (Å²) in [6.45, 7) is 0. The van der Waals surface area contributed by atoms with E-state index in [1.54, 1.807) is 12.1 Å². The van der Waals surface area contributed by atoms with Crippen LogP contribution in [-0.2, 0) is 0 Å². The highest BCUT2D eigenvalue weighted by atomic mass is 79.9. The molecule has 2 unspecified atom stereocenters. The van der Waals surface area contributed by atoms with Gasteiger partial charge in [0.2, 0.25) is 0 Å². The molecule has 1 aliphatic carbocycles. The van der Waals surface area contributed by atoms with Crippen LogP contribution in [0.15, 0.2) is 22.7 Å². The zero-order chi connectivity index (χ0) is 13.1. The van der Waals surface area contributed by atoms with Gasteiger partial charge in [0.15, 0.2) is 5.75 Å². The maximum absolute atomic E-state index is 10.9. The highest BCUT2D eigenvalue weighted by Crippen LogP contribution is 2.33. The van der Waals surface area contributed by atoms with E-state index in [2.05, 4.69) is 15.9 Å². The lowest BCUT2D eigenvalue weighted by molar-refractivity contribution is -0.386. The third-order valence-corrected chi connectivity index (χ3v) is 3.57. The molecule has 0 aliphatic heterocycles. The summed E-state index contributed by atoms with van der Waals surface area (Å²) >= 11 is 3.29. The molecule has 2 atom stereocenters. The second-order valence-electron chi connectivity index (χ2n) is 4.54. The van der Waals surface area contributed by atoms with Crippen LogP contribution in [0.5, 0.6) is 5.75 Å². The van der Waals surface area contributed by atoms with Crippen molar-refractivity contribution in [2.75, 3.05) is 0 Å². The molecular formula is C12H15BrN2O3. The molecule has 1 aromatic carbocycles. The number of benzene rings is 1. The molecule has 0 aromatic heterocycles. The first kappa shape index (κ1) is 13.3. The van der Waals surface area contributed by atoms with E-state index in [0.29, 0.717) is 5.75 Å². The van der Waals surface area contributed by atoms with Crippen molar-refractivity contribution < 1.29 is 9.66 Å². The lowest BCUT2D eigenvalue weighted by atomic mass is 9.93. The molecule has 0 radical (unpaired) electrons. The lowest BCUT2D eigenvalue weighted by Crippen LogP contribution is -2.33. The third kappa shape index (κ3) is 3.20. The molecule has 18 heavy (non-hydrogen) atoms. The van der Waals surface area contributed by atoms with Gasteiger partial charge in [-0.25, -0.2) is 0 Å². The molecule has 0 bridgehead atoms. The van der Waals surface area contributed by atoms with Crippen molar-refractivity contribution in [3.05, 3.63) is 32.8 Å². The summed E-state index contributed by atoms with van der Waals surface area (Å²) in [4.78, 5) is 10.5.